The van der Waals surface area contributed by atoms with E-state index in [1.54, 1.807) is 18.2 Å². The van der Waals surface area contributed by atoms with Crippen molar-refractivity contribution in [3.63, 3.8) is 0 Å². The van der Waals surface area contributed by atoms with Gasteiger partial charge in [-0.3, -0.25) is 14.6 Å². The molecule has 1 aliphatic heterocycles. The number of nitrogens with one attached hydrogen (secondary N) is 2. The number of hydrogen-bond acceptors (Lipinski definition) is 5. The highest BCUT2D eigenvalue weighted by atomic mass is 16.2. The van der Waals surface area contributed by atoms with Crippen molar-refractivity contribution >= 4 is 24.0 Å². The number of likely N-dealkylation sites (tertiary alicyclic amines) is 1. The van der Waals surface area contributed by atoms with Gasteiger partial charge in [0.15, 0.2) is 0 Å². The molecule has 1 fully saturated rings. The van der Waals surface area contributed by atoms with E-state index in [4.69, 9.17) is 0 Å². The van der Waals surface area contributed by atoms with Crippen molar-refractivity contribution in [3.8, 4) is 0 Å². The zero-order chi connectivity index (χ0) is 22.5. The molecule has 3 amide bonds. The minimum Gasteiger partial charge on any atom is -0.331 e. The van der Waals surface area contributed by atoms with Crippen LogP contribution in [-0.4, -0.2) is 58.6 Å². The van der Waals surface area contributed by atoms with E-state index >= 15 is 0 Å². The summed E-state index contributed by atoms with van der Waals surface area (Å²) in [7, 11) is 0. The number of urea groups is 1. The van der Waals surface area contributed by atoms with Gasteiger partial charge in [0.1, 0.15) is 18.0 Å². The fourth-order valence-corrected chi connectivity index (χ4v) is 3.54. The first-order valence-electron chi connectivity index (χ1n) is 10.3. The minimum atomic E-state index is -0.837. The molecular weight excluding hydrogens is 384 g/mol. The molecule has 3 unspecified atom stereocenters. The van der Waals surface area contributed by atoms with Crippen LogP contribution in [0.3, 0.4) is 0 Å². The average molecular weight is 417 g/mol. The lowest BCUT2D eigenvalue weighted by atomic mass is 9.85. The molecule has 0 radical (unpaired) electrons. The molecule has 1 aromatic rings. The van der Waals surface area contributed by atoms with Crippen LogP contribution in [0.5, 0.6) is 0 Å². The number of aromatic nitrogens is 1. The minimum absolute atomic E-state index is 0.174. The Morgan fingerprint density at radius 2 is 1.90 bits per heavy atom. The summed E-state index contributed by atoms with van der Waals surface area (Å²) < 4.78 is 0. The van der Waals surface area contributed by atoms with Crippen molar-refractivity contribution < 1.29 is 19.2 Å². The fraction of sp³-hybridized carbons (Fsp3) is 0.591. The van der Waals surface area contributed by atoms with Crippen LogP contribution in [0.4, 0.5) is 4.79 Å². The Morgan fingerprint density at radius 1 is 1.20 bits per heavy atom. The number of hydrogen-bond donors (Lipinski definition) is 2. The summed E-state index contributed by atoms with van der Waals surface area (Å²) >= 11 is 0. The molecule has 3 atom stereocenters. The largest absolute Gasteiger partial charge is 0.331 e. The highest BCUT2D eigenvalue weighted by molar-refractivity contribution is 6.00. The predicted octanol–water partition coefficient (Wildman–Crippen LogP) is 2.19. The zero-order valence-electron chi connectivity index (χ0n) is 18.3. The van der Waals surface area contributed by atoms with Gasteiger partial charge in [-0.1, -0.05) is 40.7 Å². The second-order valence-electron chi connectivity index (χ2n) is 9.10. The predicted molar refractivity (Wildman–Crippen MR) is 113 cm³/mol. The maximum atomic E-state index is 13.1. The first-order chi connectivity index (χ1) is 14.1. The number of Topliss-reactive ketones (excluding diaryl/α,β-unsaturated/α-hetero) is 1. The third-order valence-electron chi connectivity index (χ3n) is 5.28. The van der Waals surface area contributed by atoms with Crippen molar-refractivity contribution in [2.75, 3.05) is 6.54 Å². The lowest BCUT2D eigenvalue weighted by molar-refractivity contribution is -0.138. The van der Waals surface area contributed by atoms with Crippen molar-refractivity contribution in [1.82, 2.24) is 20.5 Å². The van der Waals surface area contributed by atoms with Gasteiger partial charge >= 0.3 is 6.03 Å². The Balaban J connectivity index is 2.15. The highest BCUT2D eigenvalue weighted by Gasteiger charge is 2.40. The molecule has 8 heteroatoms. The second kappa shape index (κ2) is 9.82. The Morgan fingerprint density at radius 3 is 2.43 bits per heavy atom. The molecule has 1 aliphatic rings. The smallest absolute Gasteiger partial charge is 0.316 e. The monoisotopic (exact) mass is 416 g/mol. The van der Waals surface area contributed by atoms with E-state index in [2.05, 4.69) is 15.6 Å². The molecule has 0 bridgehead atoms. The Labute approximate surface area is 177 Å². The third kappa shape index (κ3) is 5.64. The van der Waals surface area contributed by atoms with E-state index in [-0.39, 0.29) is 23.3 Å². The average Bonchev–Trinajstić information content (AvgIpc) is 3.17. The Hall–Kier alpha value is -2.77. The molecule has 2 heterocycles. The molecule has 0 aliphatic carbocycles. The van der Waals surface area contributed by atoms with Gasteiger partial charge in [0, 0.05) is 12.7 Å². The number of aldehydes is 1. The van der Waals surface area contributed by atoms with Gasteiger partial charge in [0.05, 0.1) is 12.1 Å². The van der Waals surface area contributed by atoms with Crippen molar-refractivity contribution in [2.24, 2.45) is 11.3 Å². The van der Waals surface area contributed by atoms with Crippen LogP contribution >= 0.6 is 0 Å². The summed E-state index contributed by atoms with van der Waals surface area (Å²) in [6.45, 7) is 9.70. The van der Waals surface area contributed by atoms with Crippen molar-refractivity contribution in [1.29, 1.82) is 0 Å². The third-order valence-corrected chi connectivity index (χ3v) is 5.28. The van der Waals surface area contributed by atoms with E-state index in [1.807, 2.05) is 34.6 Å². The normalized spacial score (nSPS) is 18.6. The van der Waals surface area contributed by atoms with Crippen LogP contribution < -0.4 is 10.6 Å². The van der Waals surface area contributed by atoms with Crippen molar-refractivity contribution in [3.05, 3.63) is 30.1 Å². The maximum absolute atomic E-state index is 13.1. The molecule has 2 N–H and O–H groups in total. The van der Waals surface area contributed by atoms with Gasteiger partial charge in [-0.25, -0.2) is 4.79 Å². The topological polar surface area (TPSA) is 108 Å². The second-order valence-corrected chi connectivity index (χ2v) is 9.10. The number of ketones is 1. The lowest BCUT2D eigenvalue weighted by Crippen LogP contribution is -2.59. The fourth-order valence-electron chi connectivity index (χ4n) is 3.54. The number of carbonyl (C=O) groups excluding carboxylic acids is 4. The van der Waals surface area contributed by atoms with E-state index in [0.29, 0.717) is 13.0 Å². The number of carbonyl (C=O) groups is 4. The van der Waals surface area contributed by atoms with Gasteiger partial charge in [0.2, 0.25) is 11.7 Å². The first-order valence-corrected chi connectivity index (χ1v) is 10.3. The molecule has 0 spiro atoms. The number of rotatable bonds is 7. The molecule has 2 rings (SSSR count). The van der Waals surface area contributed by atoms with Gasteiger partial charge in [-0.05, 0) is 36.3 Å². The van der Waals surface area contributed by atoms with Crippen LogP contribution in [0, 0.1) is 11.3 Å². The first kappa shape index (κ1) is 23.5. The summed E-state index contributed by atoms with van der Waals surface area (Å²) in [4.78, 5) is 55.6. The molecular formula is C22H32N4O4. The van der Waals surface area contributed by atoms with Gasteiger partial charge in [0.25, 0.3) is 0 Å². The molecule has 1 saturated heterocycles. The number of nitrogens with zero attached hydrogens (tertiary/aromatic N) is 2. The van der Waals surface area contributed by atoms with Crippen LogP contribution in [0.2, 0.25) is 0 Å². The zero-order valence-corrected chi connectivity index (χ0v) is 18.3. The summed E-state index contributed by atoms with van der Waals surface area (Å²) in [5.41, 5.74) is -0.311. The van der Waals surface area contributed by atoms with Crippen LogP contribution in [-0.2, 0) is 9.59 Å². The Bertz CT molecular complexity index is 773. The molecule has 30 heavy (non-hydrogen) atoms. The molecule has 1 aromatic heterocycles. The molecule has 0 aromatic carbocycles. The summed E-state index contributed by atoms with van der Waals surface area (Å²) in [6, 6.07) is 2.35. The van der Waals surface area contributed by atoms with E-state index in [9.17, 15) is 19.2 Å². The van der Waals surface area contributed by atoms with Gasteiger partial charge in [-0.2, -0.15) is 0 Å². The Kier molecular flexibility index (Phi) is 7.70. The van der Waals surface area contributed by atoms with E-state index in [1.165, 1.54) is 11.1 Å². The summed E-state index contributed by atoms with van der Waals surface area (Å²) in [6.07, 6.45) is 3.70. The summed E-state index contributed by atoms with van der Waals surface area (Å²) in [5.74, 6) is -0.753. The van der Waals surface area contributed by atoms with Crippen molar-refractivity contribution in [2.45, 2.75) is 65.6 Å². The quantitative estimate of drug-likeness (QED) is 0.523. The number of pyridine rings is 1. The van der Waals surface area contributed by atoms with Crippen LogP contribution in [0.25, 0.3) is 0 Å². The van der Waals surface area contributed by atoms with Gasteiger partial charge < -0.3 is 20.3 Å². The van der Waals surface area contributed by atoms with Crippen LogP contribution in [0.15, 0.2) is 24.4 Å². The molecule has 8 nitrogen and oxygen atoms in total. The molecule has 0 saturated carbocycles. The highest BCUT2D eigenvalue weighted by Crippen LogP contribution is 2.25. The standard InChI is InChI=1S/C22H32N4O4/c1-14(2)17(18(28)16-10-6-7-11-23-16)24-21(30)25-19(22(3,4)5)20(29)26-12-8-9-15(26)13-27/h6-7,10-11,13-15,17,19H,8-9,12H2,1-5H3,(H2,24,25,30). The lowest BCUT2D eigenvalue weighted by Gasteiger charge is -2.35. The molecule has 164 valence electrons. The van der Waals surface area contributed by atoms with E-state index < -0.39 is 29.6 Å². The number of amides is 3. The van der Waals surface area contributed by atoms with Gasteiger partial charge in [-0.15, -0.1) is 0 Å². The summed E-state index contributed by atoms with van der Waals surface area (Å²) in [5, 5.41) is 5.45. The van der Waals surface area contributed by atoms with Crippen LogP contribution in [0.1, 0.15) is 57.9 Å². The van der Waals surface area contributed by atoms with E-state index in [0.717, 1.165) is 12.7 Å². The SMILES string of the molecule is CC(C)C(NC(=O)NC(C(=O)N1CCCC1C=O)C(C)(C)C)C(=O)c1ccccn1. The maximum Gasteiger partial charge on any atom is 0.316 e.